The Morgan fingerprint density at radius 3 is 2.63 bits per heavy atom. The standard InChI is InChI=1S/C20H19ClN4O2/c1-3-22-20(27)25-19-10-15-7-14(9-18(21)17(15)11-23-19)13-5-4-6-16(8-13)24-12(2)26/h4-11H,3H2,1-2H3,(H,24,26)(H2,22,23,25,27). The van der Waals surface area contributed by atoms with Gasteiger partial charge in [0.15, 0.2) is 0 Å². The molecule has 0 saturated carbocycles. The van der Waals surface area contributed by atoms with Crippen LogP contribution in [0.4, 0.5) is 16.3 Å². The van der Waals surface area contributed by atoms with E-state index in [4.69, 9.17) is 11.6 Å². The van der Waals surface area contributed by atoms with Crippen LogP contribution in [0.1, 0.15) is 13.8 Å². The van der Waals surface area contributed by atoms with Gasteiger partial charge in [-0.3, -0.25) is 10.1 Å². The van der Waals surface area contributed by atoms with Gasteiger partial charge in [0, 0.05) is 30.7 Å². The Hall–Kier alpha value is -3.12. The predicted octanol–water partition coefficient (Wildman–Crippen LogP) is 4.66. The zero-order valence-electron chi connectivity index (χ0n) is 15.0. The van der Waals surface area contributed by atoms with Crippen molar-refractivity contribution in [2.75, 3.05) is 17.2 Å². The molecule has 27 heavy (non-hydrogen) atoms. The Balaban J connectivity index is 1.99. The maximum absolute atomic E-state index is 11.7. The Bertz CT molecular complexity index is 1020. The lowest BCUT2D eigenvalue weighted by atomic mass is 10.0. The van der Waals surface area contributed by atoms with Gasteiger partial charge in [-0.05, 0) is 53.8 Å². The van der Waals surface area contributed by atoms with Crippen LogP contribution in [-0.2, 0) is 4.79 Å². The van der Waals surface area contributed by atoms with E-state index >= 15 is 0 Å². The number of nitrogens with zero attached hydrogens (tertiary/aromatic N) is 1. The lowest BCUT2D eigenvalue weighted by Gasteiger charge is -2.10. The first-order valence-electron chi connectivity index (χ1n) is 8.48. The number of benzene rings is 2. The van der Waals surface area contributed by atoms with Crippen LogP contribution in [0.25, 0.3) is 21.9 Å². The second kappa shape index (κ2) is 8.05. The van der Waals surface area contributed by atoms with Crippen LogP contribution >= 0.6 is 11.6 Å². The summed E-state index contributed by atoms with van der Waals surface area (Å²) in [6.07, 6.45) is 1.64. The van der Waals surface area contributed by atoms with Gasteiger partial charge in [-0.1, -0.05) is 23.7 Å². The summed E-state index contributed by atoms with van der Waals surface area (Å²) in [7, 11) is 0. The number of pyridine rings is 1. The van der Waals surface area contributed by atoms with E-state index in [0.29, 0.717) is 23.1 Å². The minimum atomic E-state index is -0.311. The van der Waals surface area contributed by atoms with Crippen molar-refractivity contribution in [3.8, 4) is 11.1 Å². The van der Waals surface area contributed by atoms with Crippen molar-refractivity contribution in [1.29, 1.82) is 0 Å². The summed E-state index contributed by atoms with van der Waals surface area (Å²) in [6, 6.07) is 12.8. The third kappa shape index (κ3) is 4.54. The highest BCUT2D eigenvalue weighted by atomic mass is 35.5. The maximum Gasteiger partial charge on any atom is 0.320 e. The van der Waals surface area contributed by atoms with Crippen molar-refractivity contribution in [1.82, 2.24) is 10.3 Å². The second-order valence-electron chi connectivity index (χ2n) is 6.00. The molecule has 0 saturated heterocycles. The summed E-state index contributed by atoms with van der Waals surface area (Å²) < 4.78 is 0. The Morgan fingerprint density at radius 2 is 1.89 bits per heavy atom. The number of rotatable bonds is 4. The van der Waals surface area contributed by atoms with E-state index in [9.17, 15) is 9.59 Å². The van der Waals surface area contributed by atoms with E-state index in [1.165, 1.54) is 6.92 Å². The van der Waals surface area contributed by atoms with E-state index in [1.807, 2.05) is 43.3 Å². The van der Waals surface area contributed by atoms with Crippen molar-refractivity contribution in [2.45, 2.75) is 13.8 Å². The zero-order chi connectivity index (χ0) is 19.4. The minimum Gasteiger partial charge on any atom is -0.338 e. The van der Waals surface area contributed by atoms with E-state index in [1.54, 1.807) is 12.3 Å². The van der Waals surface area contributed by atoms with Gasteiger partial charge in [0.05, 0.1) is 5.02 Å². The van der Waals surface area contributed by atoms with Crippen LogP contribution in [0.2, 0.25) is 5.02 Å². The van der Waals surface area contributed by atoms with Gasteiger partial charge in [0.25, 0.3) is 0 Å². The maximum atomic E-state index is 11.7. The number of carbonyl (C=O) groups is 2. The molecule has 3 amide bonds. The number of amides is 3. The summed E-state index contributed by atoms with van der Waals surface area (Å²) in [5.74, 6) is 0.310. The quantitative estimate of drug-likeness (QED) is 0.613. The summed E-state index contributed by atoms with van der Waals surface area (Å²) >= 11 is 6.43. The molecule has 2 aromatic carbocycles. The number of halogens is 1. The van der Waals surface area contributed by atoms with Crippen LogP contribution < -0.4 is 16.0 Å². The first kappa shape index (κ1) is 18.7. The molecule has 0 fully saturated rings. The molecule has 1 aromatic heterocycles. The van der Waals surface area contributed by atoms with Gasteiger partial charge in [0.1, 0.15) is 5.82 Å². The number of hydrogen-bond acceptors (Lipinski definition) is 3. The van der Waals surface area contributed by atoms with Gasteiger partial charge in [-0.15, -0.1) is 0 Å². The molecule has 3 aromatic rings. The number of hydrogen-bond donors (Lipinski definition) is 3. The average Bonchev–Trinajstić information content (AvgIpc) is 2.61. The van der Waals surface area contributed by atoms with Gasteiger partial charge < -0.3 is 10.6 Å². The Morgan fingerprint density at radius 1 is 1.07 bits per heavy atom. The summed E-state index contributed by atoms with van der Waals surface area (Å²) in [5, 5.41) is 10.3. The molecule has 0 aliphatic heterocycles. The van der Waals surface area contributed by atoms with Crippen molar-refractivity contribution in [3.05, 3.63) is 53.7 Å². The monoisotopic (exact) mass is 382 g/mol. The molecule has 0 spiro atoms. The molecule has 0 unspecified atom stereocenters. The molecular weight excluding hydrogens is 364 g/mol. The summed E-state index contributed by atoms with van der Waals surface area (Å²) in [5.41, 5.74) is 2.53. The molecule has 0 aliphatic carbocycles. The van der Waals surface area contributed by atoms with Crippen molar-refractivity contribution in [2.24, 2.45) is 0 Å². The highest BCUT2D eigenvalue weighted by Crippen LogP contribution is 2.32. The van der Waals surface area contributed by atoms with Gasteiger partial charge in [0.2, 0.25) is 5.91 Å². The number of urea groups is 1. The Kier molecular flexibility index (Phi) is 5.57. The van der Waals surface area contributed by atoms with Gasteiger partial charge in [-0.2, -0.15) is 0 Å². The molecule has 0 aliphatic rings. The van der Waals surface area contributed by atoms with Crippen molar-refractivity contribution >= 4 is 45.8 Å². The highest BCUT2D eigenvalue weighted by Gasteiger charge is 2.09. The highest BCUT2D eigenvalue weighted by molar-refractivity contribution is 6.36. The Labute approximate surface area is 161 Å². The molecule has 1 heterocycles. The fraction of sp³-hybridized carbons (Fsp3) is 0.150. The van der Waals surface area contributed by atoms with E-state index < -0.39 is 0 Å². The molecule has 3 N–H and O–H groups in total. The summed E-state index contributed by atoms with van der Waals surface area (Å²) in [6.45, 7) is 3.84. The first-order chi connectivity index (χ1) is 13.0. The van der Waals surface area contributed by atoms with Crippen LogP contribution in [0.15, 0.2) is 48.7 Å². The van der Waals surface area contributed by atoms with Crippen molar-refractivity contribution in [3.63, 3.8) is 0 Å². The predicted molar refractivity (Wildman–Crippen MR) is 109 cm³/mol. The second-order valence-corrected chi connectivity index (χ2v) is 6.40. The third-order valence-electron chi connectivity index (χ3n) is 3.88. The topological polar surface area (TPSA) is 83.1 Å². The van der Waals surface area contributed by atoms with Crippen molar-refractivity contribution < 1.29 is 9.59 Å². The zero-order valence-corrected chi connectivity index (χ0v) is 15.7. The van der Waals surface area contributed by atoms with E-state index in [2.05, 4.69) is 20.9 Å². The van der Waals surface area contributed by atoms with Gasteiger partial charge >= 0.3 is 6.03 Å². The fourth-order valence-corrected chi connectivity index (χ4v) is 3.02. The smallest absolute Gasteiger partial charge is 0.320 e. The lowest BCUT2D eigenvalue weighted by molar-refractivity contribution is -0.114. The molecule has 3 rings (SSSR count). The number of aromatic nitrogens is 1. The van der Waals surface area contributed by atoms with E-state index in [-0.39, 0.29) is 11.9 Å². The number of fused-ring (bicyclic) bond motifs is 1. The SMILES string of the molecule is CCNC(=O)Nc1cc2cc(-c3cccc(NC(C)=O)c3)cc(Cl)c2cn1. The molecule has 0 radical (unpaired) electrons. The normalized spacial score (nSPS) is 10.5. The average molecular weight is 383 g/mol. The number of anilines is 2. The third-order valence-corrected chi connectivity index (χ3v) is 4.19. The molecule has 6 nitrogen and oxygen atoms in total. The van der Waals surface area contributed by atoms with E-state index in [0.717, 1.165) is 21.9 Å². The van der Waals surface area contributed by atoms with Crippen LogP contribution in [-0.4, -0.2) is 23.5 Å². The van der Waals surface area contributed by atoms with Gasteiger partial charge in [-0.25, -0.2) is 9.78 Å². The molecule has 0 atom stereocenters. The molecule has 7 heteroatoms. The molecule has 0 bridgehead atoms. The summed E-state index contributed by atoms with van der Waals surface area (Å²) in [4.78, 5) is 27.2. The number of carbonyl (C=O) groups excluding carboxylic acids is 2. The largest absolute Gasteiger partial charge is 0.338 e. The molecule has 138 valence electrons. The first-order valence-corrected chi connectivity index (χ1v) is 8.86. The molecular formula is C20H19ClN4O2. The minimum absolute atomic E-state index is 0.129. The lowest BCUT2D eigenvalue weighted by Crippen LogP contribution is -2.28. The fourth-order valence-electron chi connectivity index (χ4n) is 2.75. The van der Waals surface area contributed by atoms with Crippen LogP contribution in [0.5, 0.6) is 0 Å². The van der Waals surface area contributed by atoms with Crippen LogP contribution in [0.3, 0.4) is 0 Å². The van der Waals surface area contributed by atoms with Crippen LogP contribution in [0, 0.1) is 0 Å². The number of nitrogens with one attached hydrogen (secondary N) is 3.